The lowest BCUT2D eigenvalue weighted by atomic mass is 9.91. The Morgan fingerprint density at radius 3 is 2.64 bits per heavy atom. The second kappa shape index (κ2) is 8.47. The summed E-state index contributed by atoms with van der Waals surface area (Å²) in [5, 5.41) is 11.7. The third-order valence-corrected chi connectivity index (χ3v) is 6.07. The quantitative estimate of drug-likeness (QED) is 0.680. The van der Waals surface area contributed by atoms with E-state index in [-0.39, 0.29) is 19.8 Å². The van der Waals surface area contributed by atoms with Gasteiger partial charge in [-0.2, -0.15) is 5.26 Å². The van der Waals surface area contributed by atoms with E-state index >= 15 is 0 Å². The van der Waals surface area contributed by atoms with Crippen LogP contribution in [-0.2, 0) is 15.1 Å². The second-order valence-electron chi connectivity index (χ2n) is 8.24. The molecular formula is C24H24N4O5. The largest absolute Gasteiger partial charge is 0.454 e. The van der Waals surface area contributed by atoms with Crippen molar-refractivity contribution in [2.45, 2.75) is 32.7 Å². The summed E-state index contributed by atoms with van der Waals surface area (Å²) < 4.78 is 10.7. The summed E-state index contributed by atoms with van der Waals surface area (Å²) in [7, 11) is 0. The maximum atomic E-state index is 13.3. The van der Waals surface area contributed by atoms with Crippen LogP contribution in [0.15, 0.2) is 36.4 Å². The van der Waals surface area contributed by atoms with E-state index in [0.29, 0.717) is 22.7 Å². The normalized spacial score (nSPS) is 18.8. The van der Waals surface area contributed by atoms with E-state index < -0.39 is 29.9 Å². The SMILES string of the molecule is Cc1ccc(N(CCC#N)C(=O)CN2C(=O)NC(C)(c3ccc4c(c3)OCO4)C2=O)cc1C. The topological polar surface area (TPSA) is 112 Å². The fourth-order valence-electron chi connectivity index (χ4n) is 3.92. The minimum absolute atomic E-state index is 0.0907. The summed E-state index contributed by atoms with van der Waals surface area (Å²) in [6.07, 6.45) is 0.119. The van der Waals surface area contributed by atoms with Crippen LogP contribution in [0.5, 0.6) is 11.5 Å². The summed E-state index contributed by atoms with van der Waals surface area (Å²) in [6, 6.07) is 11.9. The average molecular weight is 448 g/mol. The van der Waals surface area contributed by atoms with Crippen molar-refractivity contribution in [3.63, 3.8) is 0 Å². The number of aryl methyl sites for hydroxylation is 2. The van der Waals surface area contributed by atoms with Gasteiger partial charge in [-0.3, -0.25) is 14.5 Å². The molecule has 4 rings (SSSR count). The standard InChI is InChI=1S/C24H24N4O5/c1-15-5-7-18(11-16(15)2)27(10-4-9-25)21(29)13-28-22(30)24(3,26-23(28)31)17-6-8-19-20(12-17)33-14-32-19/h5-8,11-12H,4,10,13-14H2,1-3H3,(H,26,31). The van der Waals surface area contributed by atoms with E-state index in [4.69, 9.17) is 14.7 Å². The molecule has 2 aromatic carbocycles. The average Bonchev–Trinajstić information content (AvgIpc) is 3.34. The highest BCUT2D eigenvalue weighted by Crippen LogP contribution is 2.37. The summed E-state index contributed by atoms with van der Waals surface area (Å²) >= 11 is 0. The van der Waals surface area contributed by atoms with Crippen LogP contribution in [0.4, 0.5) is 10.5 Å². The number of imide groups is 1. The van der Waals surface area contributed by atoms with Gasteiger partial charge in [0.05, 0.1) is 12.5 Å². The number of nitriles is 1. The minimum Gasteiger partial charge on any atom is -0.454 e. The number of ether oxygens (including phenoxy) is 2. The van der Waals surface area contributed by atoms with Crippen molar-refractivity contribution in [3.8, 4) is 17.6 Å². The molecule has 2 aliphatic rings. The maximum absolute atomic E-state index is 13.3. The molecule has 1 unspecified atom stereocenters. The van der Waals surface area contributed by atoms with Crippen molar-refractivity contribution in [2.75, 3.05) is 24.8 Å². The Hall–Kier alpha value is -4.06. The molecule has 9 heteroatoms. The molecule has 0 saturated carbocycles. The fourth-order valence-corrected chi connectivity index (χ4v) is 3.92. The first-order valence-electron chi connectivity index (χ1n) is 10.5. The number of carbonyl (C=O) groups excluding carboxylic acids is 3. The monoisotopic (exact) mass is 448 g/mol. The molecule has 1 saturated heterocycles. The molecule has 2 aromatic rings. The molecule has 2 heterocycles. The number of fused-ring (bicyclic) bond motifs is 1. The summed E-state index contributed by atoms with van der Waals surface area (Å²) in [4.78, 5) is 41.6. The Morgan fingerprint density at radius 1 is 1.15 bits per heavy atom. The zero-order valence-electron chi connectivity index (χ0n) is 18.7. The number of amides is 4. The third kappa shape index (κ3) is 3.96. The van der Waals surface area contributed by atoms with E-state index in [1.54, 1.807) is 31.2 Å². The summed E-state index contributed by atoms with van der Waals surface area (Å²) in [5.41, 5.74) is 1.85. The van der Waals surface area contributed by atoms with Gasteiger partial charge >= 0.3 is 6.03 Å². The van der Waals surface area contributed by atoms with Gasteiger partial charge in [-0.25, -0.2) is 4.79 Å². The first-order chi connectivity index (χ1) is 15.7. The lowest BCUT2D eigenvalue weighted by Gasteiger charge is -2.25. The van der Waals surface area contributed by atoms with Crippen LogP contribution in [0.3, 0.4) is 0 Å². The zero-order chi connectivity index (χ0) is 23.8. The van der Waals surface area contributed by atoms with Gasteiger partial charge in [-0.05, 0) is 61.7 Å². The number of carbonyl (C=O) groups is 3. The van der Waals surface area contributed by atoms with Crippen molar-refractivity contribution in [3.05, 3.63) is 53.1 Å². The highest BCUT2D eigenvalue weighted by molar-refractivity contribution is 6.10. The first-order valence-corrected chi connectivity index (χ1v) is 10.5. The van der Waals surface area contributed by atoms with Gasteiger partial charge in [0.1, 0.15) is 12.1 Å². The van der Waals surface area contributed by atoms with Crippen molar-refractivity contribution in [1.29, 1.82) is 5.26 Å². The fraction of sp³-hybridized carbons (Fsp3) is 0.333. The molecule has 9 nitrogen and oxygen atoms in total. The highest BCUT2D eigenvalue weighted by Gasteiger charge is 2.50. The Kier molecular flexibility index (Phi) is 5.68. The van der Waals surface area contributed by atoms with Crippen LogP contribution in [0.1, 0.15) is 30.0 Å². The number of rotatable bonds is 6. The number of urea groups is 1. The first kappa shape index (κ1) is 22.1. The lowest BCUT2D eigenvalue weighted by molar-refractivity contribution is -0.134. The Balaban J connectivity index is 1.57. The van der Waals surface area contributed by atoms with Crippen molar-refractivity contribution in [1.82, 2.24) is 10.2 Å². The molecular weight excluding hydrogens is 424 g/mol. The molecule has 33 heavy (non-hydrogen) atoms. The number of hydrogen-bond acceptors (Lipinski definition) is 6. The van der Waals surface area contributed by atoms with E-state index in [2.05, 4.69) is 5.32 Å². The van der Waals surface area contributed by atoms with Crippen molar-refractivity contribution in [2.24, 2.45) is 0 Å². The smallest absolute Gasteiger partial charge is 0.325 e. The van der Waals surface area contributed by atoms with Crippen LogP contribution in [0.2, 0.25) is 0 Å². The molecule has 1 fully saturated rings. The molecule has 0 radical (unpaired) electrons. The van der Waals surface area contributed by atoms with E-state index in [1.807, 2.05) is 32.0 Å². The number of hydrogen-bond donors (Lipinski definition) is 1. The summed E-state index contributed by atoms with van der Waals surface area (Å²) in [5.74, 6) is 0.0578. The molecule has 4 amide bonds. The number of benzene rings is 2. The summed E-state index contributed by atoms with van der Waals surface area (Å²) in [6.45, 7) is 5.29. The number of nitrogens with zero attached hydrogens (tertiary/aromatic N) is 3. The molecule has 1 atom stereocenters. The minimum atomic E-state index is -1.35. The molecule has 0 bridgehead atoms. The van der Waals surface area contributed by atoms with Crippen LogP contribution < -0.4 is 19.7 Å². The lowest BCUT2D eigenvalue weighted by Crippen LogP contribution is -2.45. The van der Waals surface area contributed by atoms with Crippen molar-refractivity contribution < 1.29 is 23.9 Å². The Labute approximate surface area is 191 Å². The Bertz CT molecular complexity index is 1190. The van der Waals surface area contributed by atoms with Crippen LogP contribution in [0, 0.1) is 25.2 Å². The Morgan fingerprint density at radius 2 is 1.91 bits per heavy atom. The van der Waals surface area contributed by atoms with E-state index in [9.17, 15) is 14.4 Å². The molecule has 170 valence electrons. The van der Waals surface area contributed by atoms with E-state index in [1.165, 1.54) is 4.90 Å². The predicted molar refractivity (Wildman–Crippen MR) is 119 cm³/mol. The molecule has 0 spiro atoms. The number of nitrogens with one attached hydrogen (secondary N) is 1. The van der Waals surface area contributed by atoms with E-state index in [0.717, 1.165) is 16.0 Å². The zero-order valence-corrected chi connectivity index (χ0v) is 18.7. The van der Waals surface area contributed by atoms with Gasteiger partial charge in [0.15, 0.2) is 11.5 Å². The van der Waals surface area contributed by atoms with Gasteiger partial charge in [0.2, 0.25) is 12.7 Å². The van der Waals surface area contributed by atoms with Crippen LogP contribution in [-0.4, -0.2) is 42.6 Å². The van der Waals surface area contributed by atoms with Crippen LogP contribution >= 0.6 is 0 Å². The molecule has 0 aliphatic carbocycles. The van der Waals surface area contributed by atoms with Gasteiger partial charge < -0.3 is 19.7 Å². The predicted octanol–water partition coefficient (Wildman–Crippen LogP) is 2.75. The second-order valence-corrected chi connectivity index (χ2v) is 8.24. The van der Waals surface area contributed by atoms with Crippen molar-refractivity contribution >= 4 is 23.5 Å². The highest BCUT2D eigenvalue weighted by atomic mass is 16.7. The molecule has 2 aliphatic heterocycles. The van der Waals surface area contributed by atoms with Gasteiger partial charge in [0.25, 0.3) is 5.91 Å². The van der Waals surface area contributed by atoms with Gasteiger partial charge in [-0.15, -0.1) is 0 Å². The third-order valence-electron chi connectivity index (χ3n) is 6.07. The number of anilines is 1. The molecule has 0 aromatic heterocycles. The van der Waals surface area contributed by atoms with Gasteiger partial charge in [0, 0.05) is 12.2 Å². The molecule has 1 N–H and O–H groups in total. The van der Waals surface area contributed by atoms with Gasteiger partial charge in [-0.1, -0.05) is 12.1 Å². The maximum Gasteiger partial charge on any atom is 0.325 e. The van der Waals surface area contributed by atoms with Crippen LogP contribution in [0.25, 0.3) is 0 Å².